The summed E-state index contributed by atoms with van der Waals surface area (Å²) in [7, 11) is -4.58. The molecule has 1 aliphatic rings. The second kappa shape index (κ2) is 13.4. The third-order valence-corrected chi connectivity index (χ3v) is 8.35. The maximum absolute atomic E-state index is 13.2. The van der Waals surface area contributed by atoms with Crippen LogP contribution in [0.3, 0.4) is 0 Å². The molecule has 0 bridgehead atoms. The number of ether oxygens (including phenoxy) is 2. The zero-order valence-electron chi connectivity index (χ0n) is 24.5. The van der Waals surface area contributed by atoms with Gasteiger partial charge >= 0.3 is 12.1 Å². The molecule has 1 atom stereocenters. The van der Waals surface area contributed by atoms with E-state index in [-0.39, 0.29) is 19.1 Å². The van der Waals surface area contributed by atoms with Crippen LogP contribution in [0.5, 0.6) is 5.75 Å². The van der Waals surface area contributed by atoms with Crippen molar-refractivity contribution < 1.29 is 35.9 Å². The zero-order chi connectivity index (χ0) is 32.9. The Hall–Kier alpha value is -5.17. The molecule has 0 aliphatic carbocycles. The fourth-order valence-corrected chi connectivity index (χ4v) is 5.72. The number of carbonyl (C=O) groups is 1. The third-order valence-electron chi connectivity index (χ3n) is 7.07. The van der Waals surface area contributed by atoms with E-state index in [1.54, 1.807) is 43.3 Å². The first-order valence-electron chi connectivity index (χ1n) is 14.1. The molecule has 0 fully saturated rings. The molecule has 0 radical (unpaired) electrons. The van der Waals surface area contributed by atoms with E-state index in [0.29, 0.717) is 29.7 Å². The Morgan fingerprint density at radius 3 is 2.33 bits per heavy atom. The summed E-state index contributed by atoms with van der Waals surface area (Å²) < 4.78 is 79.9. The topological polar surface area (TPSA) is 124 Å². The number of hydrazone groups is 1. The van der Waals surface area contributed by atoms with Gasteiger partial charge in [-0.1, -0.05) is 48.5 Å². The molecule has 0 saturated carbocycles. The van der Waals surface area contributed by atoms with Gasteiger partial charge in [-0.05, 0) is 78.2 Å². The molecule has 46 heavy (non-hydrogen) atoms. The van der Waals surface area contributed by atoms with Crippen molar-refractivity contribution in [3.8, 4) is 5.75 Å². The van der Waals surface area contributed by atoms with Gasteiger partial charge in [0.15, 0.2) is 0 Å². The Morgan fingerprint density at radius 1 is 0.978 bits per heavy atom. The van der Waals surface area contributed by atoms with Gasteiger partial charge in [-0.15, -0.1) is 4.40 Å². The van der Waals surface area contributed by atoms with Gasteiger partial charge in [0.05, 0.1) is 34.9 Å². The Morgan fingerprint density at radius 2 is 1.67 bits per heavy atom. The lowest BCUT2D eigenvalue weighted by Gasteiger charge is -2.16. The predicted octanol–water partition coefficient (Wildman–Crippen LogP) is 5.97. The number of nitrogens with zero attached hydrogens (tertiary/aromatic N) is 3. The average molecular weight is 651 g/mol. The monoisotopic (exact) mass is 650 g/mol. The van der Waals surface area contributed by atoms with Gasteiger partial charge < -0.3 is 15.2 Å². The lowest BCUT2D eigenvalue weighted by Crippen LogP contribution is -2.33. The van der Waals surface area contributed by atoms with Crippen LogP contribution in [-0.4, -0.2) is 44.2 Å². The highest BCUT2D eigenvalue weighted by molar-refractivity contribution is 7.90. The number of carbonyl (C=O) groups excluding carboxylic acids is 1. The van der Waals surface area contributed by atoms with Crippen LogP contribution in [0.2, 0.25) is 0 Å². The lowest BCUT2D eigenvalue weighted by molar-refractivity contribution is -0.137. The van der Waals surface area contributed by atoms with E-state index in [1.807, 2.05) is 42.5 Å². The highest BCUT2D eigenvalue weighted by atomic mass is 32.2. The molecule has 4 aromatic rings. The number of hydrogen-bond acceptors (Lipinski definition) is 6. The third kappa shape index (κ3) is 7.54. The number of esters is 1. The highest BCUT2D eigenvalue weighted by Gasteiger charge is 2.33. The molecule has 2 N–H and O–H groups in total. The van der Waals surface area contributed by atoms with Crippen LogP contribution in [0, 0.1) is 0 Å². The first-order valence-corrected chi connectivity index (χ1v) is 15.6. The van der Waals surface area contributed by atoms with E-state index in [4.69, 9.17) is 15.2 Å². The molecule has 0 amide bonds. The van der Waals surface area contributed by atoms with Crippen LogP contribution in [0.15, 0.2) is 118 Å². The molecule has 1 unspecified atom stereocenters. The molecule has 9 nitrogen and oxygen atoms in total. The van der Waals surface area contributed by atoms with Gasteiger partial charge in [-0.2, -0.15) is 26.7 Å². The van der Waals surface area contributed by atoms with Crippen LogP contribution >= 0.6 is 0 Å². The molecule has 1 heterocycles. The van der Waals surface area contributed by atoms with Crippen LogP contribution in [0.4, 0.5) is 13.2 Å². The first-order chi connectivity index (χ1) is 21.9. The first kappa shape index (κ1) is 32.2. The SMILES string of the molecule is CCOC(=O)c1ccc(COc2ccc(C3=NN(/C(N)=N/S(=O)(=O)c4cccc(C(F)(F)F)c4)CC3c3ccccc3)cc2)cc1. The number of alkyl halides is 3. The Kier molecular flexibility index (Phi) is 9.42. The number of nitrogens with two attached hydrogens (primary N) is 1. The Bertz CT molecular complexity index is 1860. The minimum atomic E-state index is -4.73. The van der Waals surface area contributed by atoms with Crippen molar-refractivity contribution in [1.82, 2.24) is 5.01 Å². The van der Waals surface area contributed by atoms with Gasteiger partial charge in [0, 0.05) is 5.92 Å². The van der Waals surface area contributed by atoms with Crippen molar-refractivity contribution in [2.75, 3.05) is 13.2 Å². The molecular weight excluding hydrogens is 621 g/mol. The normalized spacial score (nSPS) is 15.4. The fraction of sp³-hybridized carbons (Fsp3) is 0.182. The molecule has 4 aromatic carbocycles. The van der Waals surface area contributed by atoms with Crippen molar-refractivity contribution in [2.24, 2.45) is 15.2 Å². The second-order valence-electron chi connectivity index (χ2n) is 10.2. The number of sulfonamides is 1. The number of benzene rings is 4. The van der Waals surface area contributed by atoms with E-state index in [0.717, 1.165) is 34.9 Å². The van der Waals surface area contributed by atoms with Crippen LogP contribution in [0.25, 0.3) is 0 Å². The Balaban J connectivity index is 1.35. The van der Waals surface area contributed by atoms with E-state index in [2.05, 4.69) is 9.50 Å². The van der Waals surface area contributed by atoms with E-state index in [9.17, 15) is 26.4 Å². The minimum Gasteiger partial charge on any atom is -0.489 e. The summed E-state index contributed by atoms with van der Waals surface area (Å²) in [6.45, 7) is 2.44. The van der Waals surface area contributed by atoms with Gasteiger partial charge in [-0.25, -0.2) is 9.80 Å². The van der Waals surface area contributed by atoms with Crippen molar-refractivity contribution in [1.29, 1.82) is 0 Å². The van der Waals surface area contributed by atoms with Crippen molar-refractivity contribution in [2.45, 2.75) is 30.5 Å². The smallest absolute Gasteiger partial charge is 0.416 e. The molecule has 1 aliphatic heterocycles. The quantitative estimate of drug-likeness (QED) is 0.135. The van der Waals surface area contributed by atoms with E-state index < -0.39 is 38.6 Å². The second-order valence-corrected chi connectivity index (χ2v) is 11.8. The number of halogens is 3. The summed E-state index contributed by atoms with van der Waals surface area (Å²) >= 11 is 0. The van der Waals surface area contributed by atoms with Crippen LogP contribution in [-0.2, 0) is 27.5 Å². The van der Waals surface area contributed by atoms with E-state index >= 15 is 0 Å². The summed E-state index contributed by atoms with van der Waals surface area (Å²) in [5, 5.41) is 5.81. The largest absolute Gasteiger partial charge is 0.489 e. The van der Waals surface area contributed by atoms with Crippen molar-refractivity contribution >= 4 is 27.7 Å². The summed E-state index contributed by atoms with van der Waals surface area (Å²) in [6.07, 6.45) is -4.73. The molecule has 0 aromatic heterocycles. The van der Waals surface area contributed by atoms with Crippen LogP contribution < -0.4 is 10.5 Å². The number of hydrogen-bond donors (Lipinski definition) is 1. The summed E-state index contributed by atoms with van der Waals surface area (Å²) in [4.78, 5) is 11.2. The van der Waals surface area contributed by atoms with E-state index in [1.165, 1.54) is 5.01 Å². The van der Waals surface area contributed by atoms with Gasteiger partial charge in [0.25, 0.3) is 10.0 Å². The maximum Gasteiger partial charge on any atom is 0.416 e. The van der Waals surface area contributed by atoms with Crippen molar-refractivity contribution in [3.63, 3.8) is 0 Å². The minimum absolute atomic E-state index is 0.146. The summed E-state index contributed by atoms with van der Waals surface area (Å²) in [5.41, 5.74) is 8.47. The molecule has 0 spiro atoms. The maximum atomic E-state index is 13.2. The lowest BCUT2D eigenvalue weighted by atomic mass is 9.90. The van der Waals surface area contributed by atoms with Gasteiger partial charge in [0.1, 0.15) is 12.4 Å². The molecular formula is C33H29F3N4O5S. The fourth-order valence-electron chi connectivity index (χ4n) is 4.75. The molecule has 0 saturated heterocycles. The number of guanidine groups is 1. The Labute approximate surface area is 263 Å². The number of rotatable bonds is 9. The highest BCUT2D eigenvalue weighted by Crippen LogP contribution is 2.32. The zero-order valence-corrected chi connectivity index (χ0v) is 25.3. The van der Waals surface area contributed by atoms with Gasteiger partial charge in [0.2, 0.25) is 5.96 Å². The molecule has 13 heteroatoms. The average Bonchev–Trinajstić information content (AvgIpc) is 3.50. The molecule has 5 rings (SSSR count). The van der Waals surface area contributed by atoms with Crippen LogP contribution in [0.1, 0.15) is 45.5 Å². The summed E-state index contributed by atoms with van der Waals surface area (Å²) in [5.74, 6) is -0.616. The van der Waals surface area contributed by atoms with Crippen molar-refractivity contribution in [3.05, 3.63) is 131 Å². The van der Waals surface area contributed by atoms with Gasteiger partial charge in [-0.3, -0.25) is 0 Å². The summed E-state index contributed by atoms with van der Waals surface area (Å²) in [6, 6.07) is 26.8. The predicted molar refractivity (Wildman–Crippen MR) is 166 cm³/mol. The molecule has 238 valence electrons. The standard InChI is InChI=1S/C33H29F3N4O5S/c1-2-44-31(41)25-13-11-22(12-14-25)21-45-27-17-15-24(16-18-27)30-29(23-7-4-3-5-8-23)20-40(38-30)32(37)39-46(42,43)28-10-6-9-26(19-28)33(34,35)36/h3-19,29H,2,20-21H2,1H3,(H2,37,39).